The lowest BCUT2D eigenvalue weighted by Gasteiger charge is -2.36. The minimum absolute atomic E-state index is 0.00637. The molecule has 0 unspecified atom stereocenters. The second kappa shape index (κ2) is 10.4. The molecule has 4 N–H and O–H groups in total. The van der Waals surface area contributed by atoms with Crippen LogP contribution in [0.3, 0.4) is 0 Å². The number of nitrogens with one attached hydrogen (secondary N) is 2. The summed E-state index contributed by atoms with van der Waals surface area (Å²) in [5, 5.41) is 3.01. The van der Waals surface area contributed by atoms with Gasteiger partial charge in [-0.15, -0.1) is 0 Å². The van der Waals surface area contributed by atoms with Crippen molar-refractivity contribution in [3.05, 3.63) is 24.3 Å². The van der Waals surface area contributed by atoms with E-state index in [0.717, 1.165) is 37.8 Å². The largest absolute Gasteiger partial charge is 0.351 e. The molecule has 0 spiro atoms. The molecule has 4 rings (SSSR count). The summed E-state index contributed by atoms with van der Waals surface area (Å²) in [6.45, 7) is 0.430. The average molecular weight is 428 g/mol. The van der Waals surface area contributed by atoms with Gasteiger partial charge in [-0.3, -0.25) is 9.59 Å². The molecular formula is C24H37N5O2. The van der Waals surface area contributed by atoms with Crippen molar-refractivity contribution in [2.24, 2.45) is 17.6 Å². The molecule has 3 aliphatic rings. The summed E-state index contributed by atoms with van der Waals surface area (Å²) < 4.78 is 0. The van der Waals surface area contributed by atoms with E-state index in [-0.39, 0.29) is 17.9 Å². The van der Waals surface area contributed by atoms with Gasteiger partial charge in [-0.1, -0.05) is 51.0 Å². The number of rotatable bonds is 7. The summed E-state index contributed by atoms with van der Waals surface area (Å²) in [5.41, 5.74) is 7.34. The Balaban J connectivity index is 1.39. The first-order valence-electron chi connectivity index (χ1n) is 12.1. The number of likely N-dealkylation sites (tertiary alicyclic amines) is 1. The highest BCUT2D eigenvalue weighted by Crippen LogP contribution is 2.40. The highest BCUT2D eigenvalue weighted by Gasteiger charge is 2.48. The van der Waals surface area contributed by atoms with Crippen LogP contribution in [0.1, 0.15) is 76.3 Å². The predicted molar refractivity (Wildman–Crippen MR) is 121 cm³/mol. The molecular weight excluding hydrogens is 390 g/mol. The summed E-state index contributed by atoms with van der Waals surface area (Å²) in [4.78, 5) is 35.4. The smallest absolute Gasteiger partial charge is 0.243 e. The third-order valence-corrected chi connectivity index (χ3v) is 7.49. The molecule has 0 aromatic carbocycles. The molecule has 0 radical (unpaired) electrons. The van der Waals surface area contributed by atoms with Crippen molar-refractivity contribution in [3.8, 4) is 0 Å². The highest BCUT2D eigenvalue weighted by atomic mass is 16.2. The fourth-order valence-corrected chi connectivity index (χ4v) is 5.91. The van der Waals surface area contributed by atoms with Crippen molar-refractivity contribution in [3.63, 3.8) is 0 Å². The van der Waals surface area contributed by atoms with Crippen LogP contribution < -0.4 is 11.1 Å². The topological polar surface area (TPSA) is 104 Å². The molecule has 170 valence electrons. The lowest BCUT2D eigenvalue weighted by atomic mass is 9.83. The van der Waals surface area contributed by atoms with Gasteiger partial charge < -0.3 is 20.9 Å². The number of carbonyl (C=O) groups is 2. The number of amides is 2. The summed E-state index contributed by atoms with van der Waals surface area (Å²) >= 11 is 0. The number of nitrogens with two attached hydrogens (primary N) is 1. The molecule has 7 nitrogen and oxygen atoms in total. The van der Waals surface area contributed by atoms with Crippen LogP contribution in [-0.4, -0.2) is 51.4 Å². The van der Waals surface area contributed by atoms with Crippen LogP contribution in [0.2, 0.25) is 0 Å². The second-order valence-electron chi connectivity index (χ2n) is 9.61. The molecule has 0 bridgehead atoms. The van der Waals surface area contributed by atoms with Gasteiger partial charge in [0.15, 0.2) is 0 Å². The monoisotopic (exact) mass is 427 g/mol. The van der Waals surface area contributed by atoms with E-state index in [0.29, 0.717) is 18.4 Å². The number of nitrogens with zero attached hydrogens (tertiary/aromatic N) is 2. The van der Waals surface area contributed by atoms with Gasteiger partial charge in [-0.25, -0.2) is 4.98 Å². The highest BCUT2D eigenvalue weighted by molar-refractivity contribution is 5.90. The number of aromatic nitrogens is 2. The zero-order valence-electron chi connectivity index (χ0n) is 18.5. The van der Waals surface area contributed by atoms with E-state index in [2.05, 4.69) is 15.3 Å². The molecule has 2 heterocycles. The lowest BCUT2D eigenvalue weighted by Crippen LogP contribution is -2.54. The van der Waals surface area contributed by atoms with Gasteiger partial charge in [0.1, 0.15) is 6.04 Å². The van der Waals surface area contributed by atoms with Gasteiger partial charge in [0.05, 0.1) is 24.3 Å². The molecule has 1 aromatic heterocycles. The molecule has 2 aliphatic carbocycles. The number of imidazole rings is 1. The van der Waals surface area contributed by atoms with E-state index in [9.17, 15) is 9.59 Å². The third kappa shape index (κ3) is 5.37. The molecule has 1 aliphatic heterocycles. The number of aromatic amines is 1. The van der Waals surface area contributed by atoms with Gasteiger partial charge in [0.2, 0.25) is 11.8 Å². The molecule has 1 saturated heterocycles. The minimum Gasteiger partial charge on any atom is -0.351 e. The standard InChI is InChI=1S/C24H37N5O2/c25-20(13-17-7-2-1-3-8-17)24(31)29-21-11-5-4-9-18(21)14-22(29)23(30)27-12-6-10-19-15-26-16-28-19/h6,10,15-18,20-22H,1-5,7-9,11-14,25H2,(H,26,28)(H,27,30)/b10-6+/t18-,20+,21-,22-/m0/s1. The number of hydrogen-bond acceptors (Lipinski definition) is 4. The van der Waals surface area contributed by atoms with Crippen LogP contribution in [0.15, 0.2) is 18.6 Å². The zero-order chi connectivity index (χ0) is 21.6. The Morgan fingerprint density at radius 2 is 1.97 bits per heavy atom. The molecule has 7 heteroatoms. The van der Waals surface area contributed by atoms with Crippen LogP contribution in [0.4, 0.5) is 0 Å². The fraction of sp³-hybridized carbons (Fsp3) is 0.708. The normalized spacial score (nSPS) is 27.9. The summed E-state index contributed by atoms with van der Waals surface area (Å²) in [6, 6.07) is -0.701. The van der Waals surface area contributed by atoms with E-state index in [1.165, 1.54) is 38.5 Å². The first kappa shape index (κ1) is 22.1. The van der Waals surface area contributed by atoms with Crippen molar-refractivity contribution in [1.82, 2.24) is 20.2 Å². The Labute approximate surface area is 185 Å². The number of fused-ring (bicyclic) bond motifs is 1. The van der Waals surface area contributed by atoms with Crippen LogP contribution in [0.25, 0.3) is 6.08 Å². The van der Waals surface area contributed by atoms with Crippen LogP contribution in [0, 0.1) is 11.8 Å². The van der Waals surface area contributed by atoms with Crippen molar-refractivity contribution < 1.29 is 9.59 Å². The Morgan fingerprint density at radius 3 is 2.74 bits per heavy atom. The van der Waals surface area contributed by atoms with Crippen LogP contribution >= 0.6 is 0 Å². The van der Waals surface area contributed by atoms with Gasteiger partial charge in [0, 0.05) is 12.6 Å². The zero-order valence-corrected chi connectivity index (χ0v) is 18.5. The number of carbonyl (C=O) groups excluding carboxylic acids is 2. The Kier molecular flexibility index (Phi) is 7.43. The van der Waals surface area contributed by atoms with Gasteiger partial charge in [0.25, 0.3) is 0 Å². The third-order valence-electron chi connectivity index (χ3n) is 7.49. The molecule has 1 aromatic rings. The van der Waals surface area contributed by atoms with Gasteiger partial charge in [-0.05, 0) is 43.6 Å². The summed E-state index contributed by atoms with van der Waals surface area (Å²) in [5.74, 6) is 0.920. The van der Waals surface area contributed by atoms with E-state index < -0.39 is 12.1 Å². The lowest BCUT2D eigenvalue weighted by molar-refractivity contribution is -0.142. The molecule has 31 heavy (non-hydrogen) atoms. The molecule has 4 atom stereocenters. The number of hydrogen-bond donors (Lipinski definition) is 3. The van der Waals surface area contributed by atoms with Crippen molar-refractivity contribution in [2.75, 3.05) is 6.54 Å². The van der Waals surface area contributed by atoms with E-state index in [1.807, 2.05) is 17.1 Å². The predicted octanol–water partition coefficient (Wildman–Crippen LogP) is 3.00. The first-order chi connectivity index (χ1) is 15.1. The molecule has 3 fully saturated rings. The van der Waals surface area contributed by atoms with Crippen molar-refractivity contribution in [1.29, 1.82) is 0 Å². The second-order valence-corrected chi connectivity index (χ2v) is 9.61. The summed E-state index contributed by atoms with van der Waals surface area (Å²) in [6.07, 6.45) is 19.2. The van der Waals surface area contributed by atoms with E-state index >= 15 is 0 Å². The quantitative estimate of drug-likeness (QED) is 0.622. The average Bonchev–Trinajstić information content (AvgIpc) is 3.44. The number of H-pyrrole nitrogens is 1. The summed E-state index contributed by atoms with van der Waals surface area (Å²) in [7, 11) is 0. The van der Waals surface area contributed by atoms with Crippen molar-refractivity contribution >= 4 is 17.9 Å². The minimum atomic E-state index is -0.487. The molecule has 2 saturated carbocycles. The van der Waals surface area contributed by atoms with Crippen LogP contribution in [-0.2, 0) is 9.59 Å². The van der Waals surface area contributed by atoms with Gasteiger partial charge >= 0.3 is 0 Å². The SMILES string of the molecule is N[C@H](CC1CCCCC1)C(=O)N1[C@H](C(=O)NC/C=C/c2cnc[nH]2)C[C@@H]2CCCC[C@@H]21. The Hall–Kier alpha value is -2.15. The Morgan fingerprint density at radius 1 is 1.19 bits per heavy atom. The maximum atomic E-state index is 13.5. The van der Waals surface area contributed by atoms with Gasteiger partial charge in [-0.2, -0.15) is 0 Å². The maximum Gasteiger partial charge on any atom is 0.243 e. The van der Waals surface area contributed by atoms with E-state index in [4.69, 9.17) is 5.73 Å². The van der Waals surface area contributed by atoms with E-state index in [1.54, 1.807) is 12.5 Å². The Bertz CT molecular complexity index is 756. The maximum absolute atomic E-state index is 13.5. The first-order valence-corrected chi connectivity index (χ1v) is 12.1. The van der Waals surface area contributed by atoms with Crippen LogP contribution in [0.5, 0.6) is 0 Å². The van der Waals surface area contributed by atoms with Crippen molar-refractivity contribution in [2.45, 2.75) is 88.8 Å². The molecule has 2 amide bonds. The fourth-order valence-electron chi connectivity index (χ4n) is 5.91.